The zero-order valence-electron chi connectivity index (χ0n) is 25.7. The quantitative estimate of drug-likeness (QED) is 0.107. The molecule has 0 radical (unpaired) electrons. The van der Waals surface area contributed by atoms with Gasteiger partial charge >= 0.3 is 17.9 Å². The van der Waals surface area contributed by atoms with E-state index >= 15 is 0 Å². The van der Waals surface area contributed by atoms with Gasteiger partial charge in [-0.05, 0) is 60.8 Å². The third kappa shape index (κ3) is 25.9. The Labute approximate surface area is 237 Å². The summed E-state index contributed by atoms with van der Waals surface area (Å²) in [7, 11) is 0. The summed E-state index contributed by atoms with van der Waals surface area (Å²) in [5.41, 5.74) is -1.01. The topological polar surface area (TPSA) is 119 Å². The van der Waals surface area contributed by atoms with Gasteiger partial charge in [0, 0.05) is 19.3 Å². The van der Waals surface area contributed by atoms with Crippen molar-refractivity contribution in [1.82, 2.24) is 5.32 Å². The molecule has 0 heterocycles. The van der Waals surface area contributed by atoms with Crippen LogP contribution in [0, 0.1) is 0 Å². The van der Waals surface area contributed by atoms with E-state index < -0.39 is 29.2 Å². The molecule has 8 nitrogen and oxygen atoms in total. The second-order valence-corrected chi connectivity index (χ2v) is 12.6. The Balaban J connectivity index is 3.61. The number of hydrogen-bond acceptors (Lipinski definition) is 6. The van der Waals surface area contributed by atoms with Crippen LogP contribution in [0.15, 0.2) is 0 Å². The van der Waals surface area contributed by atoms with Crippen LogP contribution in [0.5, 0.6) is 0 Å². The maximum atomic E-state index is 12.1. The van der Waals surface area contributed by atoms with Crippen molar-refractivity contribution < 1.29 is 33.8 Å². The summed E-state index contributed by atoms with van der Waals surface area (Å²) < 4.78 is 10.5. The summed E-state index contributed by atoms with van der Waals surface area (Å²) in [6.45, 7) is 11.0. The molecule has 0 aliphatic heterocycles. The number of aliphatic carboxylic acids is 1. The normalized spacial score (nSPS) is 12.6. The van der Waals surface area contributed by atoms with E-state index in [9.17, 15) is 24.3 Å². The van der Waals surface area contributed by atoms with Gasteiger partial charge in [0.25, 0.3) is 0 Å². The number of hydrogen-bond donors (Lipinski definition) is 2. The van der Waals surface area contributed by atoms with Crippen molar-refractivity contribution >= 4 is 23.8 Å². The first-order chi connectivity index (χ1) is 18.2. The number of amides is 1. The number of unbranched alkanes of at least 4 members (excludes halogenated alkanes) is 13. The van der Waals surface area contributed by atoms with Gasteiger partial charge in [-0.15, -0.1) is 0 Å². The molecule has 228 valence electrons. The minimum absolute atomic E-state index is 0.0197. The van der Waals surface area contributed by atoms with Gasteiger partial charge in [0.05, 0.1) is 0 Å². The van der Waals surface area contributed by atoms with Crippen LogP contribution < -0.4 is 5.32 Å². The van der Waals surface area contributed by atoms with Gasteiger partial charge in [0.15, 0.2) is 0 Å². The highest BCUT2D eigenvalue weighted by Gasteiger charge is 2.23. The summed E-state index contributed by atoms with van der Waals surface area (Å²) in [5.74, 6) is -1.98. The van der Waals surface area contributed by atoms with E-state index in [1.165, 1.54) is 51.4 Å². The van der Waals surface area contributed by atoms with Gasteiger partial charge < -0.3 is 19.9 Å². The van der Waals surface area contributed by atoms with Crippen LogP contribution in [0.2, 0.25) is 0 Å². The molecular formula is C31H57NO7. The number of carbonyl (C=O) groups is 4. The summed E-state index contributed by atoms with van der Waals surface area (Å²) in [6.07, 6.45) is 16.7. The van der Waals surface area contributed by atoms with Crippen molar-refractivity contribution in [2.75, 3.05) is 0 Å². The largest absolute Gasteiger partial charge is 0.480 e. The van der Waals surface area contributed by atoms with Crippen LogP contribution in [-0.2, 0) is 28.7 Å². The molecule has 0 spiro atoms. The summed E-state index contributed by atoms with van der Waals surface area (Å²) in [5, 5.41) is 11.9. The lowest BCUT2D eigenvalue weighted by Gasteiger charge is -2.20. The molecule has 39 heavy (non-hydrogen) atoms. The fourth-order valence-electron chi connectivity index (χ4n) is 4.25. The van der Waals surface area contributed by atoms with Crippen LogP contribution >= 0.6 is 0 Å². The first kappa shape index (κ1) is 36.9. The van der Waals surface area contributed by atoms with Crippen molar-refractivity contribution in [3.8, 4) is 0 Å². The standard InChI is InChI=1S/C31H57NO7/c1-30(2,3)38-27(34)22-20-18-16-14-12-10-8-7-9-11-13-15-17-19-21-26(33)32-25(29(36)37)23-24-28(35)39-31(4,5)6/h25H,7-24H2,1-6H3,(H,32,33)(H,36,37). The molecule has 0 saturated heterocycles. The summed E-state index contributed by atoms with van der Waals surface area (Å²) in [6, 6.07) is -1.07. The fourth-order valence-corrected chi connectivity index (χ4v) is 4.25. The summed E-state index contributed by atoms with van der Waals surface area (Å²) >= 11 is 0. The zero-order chi connectivity index (χ0) is 29.7. The van der Waals surface area contributed by atoms with Gasteiger partial charge in [-0.25, -0.2) is 4.79 Å². The Morgan fingerprint density at radius 2 is 0.897 bits per heavy atom. The number of carbonyl (C=O) groups excluding carboxylic acids is 3. The fraction of sp³-hybridized carbons (Fsp3) is 0.871. The number of ether oxygens (including phenoxy) is 2. The highest BCUT2D eigenvalue weighted by atomic mass is 16.6. The minimum atomic E-state index is -1.14. The number of esters is 2. The van der Waals surface area contributed by atoms with Gasteiger partial charge in [0.1, 0.15) is 17.2 Å². The van der Waals surface area contributed by atoms with Crippen LogP contribution in [0.3, 0.4) is 0 Å². The zero-order valence-corrected chi connectivity index (χ0v) is 25.7. The molecule has 1 amide bonds. The van der Waals surface area contributed by atoms with E-state index in [2.05, 4.69) is 5.32 Å². The Bertz CT molecular complexity index is 707. The third-order valence-electron chi connectivity index (χ3n) is 6.15. The lowest BCUT2D eigenvalue weighted by atomic mass is 10.0. The Hall–Kier alpha value is -2.12. The Kier molecular flexibility index (Phi) is 19.6. The lowest BCUT2D eigenvalue weighted by molar-refractivity contribution is -0.156. The molecule has 0 aliphatic rings. The van der Waals surface area contributed by atoms with Gasteiger partial charge in [-0.1, -0.05) is 77.0 Å². The lowest BCUT2D eigenvalue weighted by Crippen LogP contribution is -2.41. The van der Waals surface area contributed by atoms with E-state index in [0.717, 1.165) is 38.5 Å². The molecule has 2 N–H and O–H groups in total. The van der Waals surface area contributed by atoms with E-state index in [1.54, 1.807) is 20.8 Å². The molecule has 0 aromatic rings. The highest BCUT2D eigenvalue weighted by Crippen LogP contribution is 2.15. The van der Waals surface area contributed by atoms with Crippen molar-refractivity contribution in [2.24, 2.45) is 0 Å². The first-order valence-corrected chi connectivity index (χ1v) is 15.2. The molecule has 0 rings (SSSR count). The molecule has 0 bridgehead atoms. The van der Waals surface area contributed by atoms with E-state index in [0.29, 0.717) is 12.8 Å². The maximum Gasteiger partial charge on any atom is 0.326 e. The maximum absolute atomic E-state index is 12.1. The second kappa shape index (κ2) is 20.7. The SMILES string of the molecule is CC(C)(C)OC(=O)CCCCCCCCCCCCCCCCC(=O)NC(CCC(=O)OC(C)(C)C)C(=O)O. The molecule has 1 unspecified atom stereocenters. The van der Waals surface area contributed by atoms with E-state index in [4.69, 9.17) is 9.47 Å². The Morgan fingerprint density at radius 1 is 0.564 bits per heavy atom. The number of nitrogens with one attached hydrogen (secondary N) is 1. The van der Waals surface area contributed by atoms with Crippen molar-refractivity contribution in [3.63, 3.8) is 0 Å². The molecule has 0 aliphatic carbocycles. The minimum Gasteiger partial charge on any atom is -0.480 e. The molecule has 0 saturated carbocycles. The van der Waals surface area contributed by atoms with Gasteiger partial charge in [-0.3, -0.25) is 14.4 Å². The van der Waals surface area contributed by atoms with Crippen LogP contribution in [0.1, 0.15) is 157 Å². The average molecular weight is 556 g/mol. The van der Waals surface area contributed by atoms with Crippen molar-refractivity contribution in [2.45, 2.75) is 174 Å². The van der Waals surface area contributed by atoms with Crippen LogP contribution in [-0.4, -0.2) is 46.2 Å². The van der Waals surface area contributed by atoms with E-state index in [1.807, 2.05) is 20.8 Å². The Morgan fingerprint density at radius 3 is 1.26 bits per heavy atom. The molecule has 0 fully saturated rings. The van der Waals surface area contributed by atoms with Gasteiger partial charge in [0.2, 0.25) is 5.91 Å². The smallest absolute Gasteiger partial charge is 0.326 e. The first-order valence-electron chi connectivity index (χ1n) is 15.2. The highest BCUT2D eigenvalue weighted by molar-refractivity contribution is 5.84. The van der Waals surface area contributed by atoms with Crippen LogP contribution in [0.4, 0.5) is 0 Å². The van der Waals surface area contributed by atoms with Crippen molar-refractivity contribution in [3.05, 3.63) is 0 Å². The molecule has 1 atom stereocenters. The van der Waals surface area contributed by atoms with Crippen molar-refractivity contribution in [1.29, 1.82) is 0 Å². The van der Waals surface area contributed by atoms with E-state index in [-0.39, 0.29) is 24.7 Å². The molecule has 0 aromatic heterocycles. The van der Waals surface area contributed by atoms with Gasteiger partial charge in [-0.2, -0.15) is 0 Å². The predicted molar refractivity (Wildman–Crippen MR) is 154 cm³/mol. The number of carboxylic acid groups (broad SMARTS) is 1. The molecular weight excluding hydrogens is 498 g/mol. The third-order valence-corrected chi connectivity index (χ3v) is 6.15. The number of carboxylic acids is 1. The monoisotopic (exact) mass is 555 g/mol. The molecule has 0 aromatic carbocycles. The van der Waals surface area contributed by atoms with Crippen LogP contribution in [0.25, 0.3) is 0 Å². The summed E-state index contributed by atoms with van der Waals surface area (Å²) in [4.78, 5) is 47.0. The second-order valence-electron chi connectivity index (χ2n) is 12.6. The predicted octanol–water partition coefficient (Wildman–Crippen LogP) is 7.26. The molecule has 8 heteroatoms. The number of rotatable bonds is 22. The average Bonchev–Trinajstić information content (AvgIpc) is 2.79.